The molecular formula is C13H13N3O2S. The van der Waals surface area contributed by atoms with Gasteiger partial charge in [0, 0.05) is 35.1 Å². The third kappa shape index (κ3) is 2.35. The van der Waals surface area contributed by atoms with Crippen LogP contribution >= 0.6 is 11.8 Å². The minimum absolute atomic E-state index is 0.0574. The highest BCUT2D eigenvalue weighted by Crippen LogP contribution is 2.31. The van der Waals surface area contributed by atoms with E-state index in [1.807, 2.05) is 17.8 Å². The number of non-ortho nitro benzene ring substituents is 1. The van der Waals surface area contributed by atoms with Crippen LogP contribution in [0.25, 0.3) is 10.9 Å². The fourth-order valence-electron chi connectivity index (χ4n) is 2.30. The molecule has 1 saturated heterocycles. The Bertz CT molecular complexity index is 626. The molecule has 5 nitrogen and oxygen atoms in total. The SMILES string of the molecule is O=[N+]([O-])c1ccc(NC2CCSC2)c2cccnc12. The van der Waals surface area contributed by atoms with Gasteiger partial charge >= 0.3 is 0 Å². The molecule has 3 rings (SSSR count). The van der Waals surface area contributed by atoms with Gasteiger partial charge in [0.05, 0.1) is 4.92 Å². The van der Waals surface area contributed by atoms with Gasteiger partial charge in [0.1, 0.15) is 5.52 Å². The van der Waals surface area contributed by atoms with Crippen LogP contribution in [0.15, 0.2) is 30.5 Å². The Labute approximate surface area is 114 Å². The van der Waals surface area contributed by atoms with Gasteiger partial charge in [-0.3, -0.25) is 10.1 Å². The molecule has 1 fully saturated rings. The molecular weight excluding hydrogens is 262 g/mol. The van der Waals surface area contributed by atoms with E-state index in [4.69, 9.17) is 0 Å². The Kier molecular flexibility index (Phi) is 3.25. The fraction of sp³-hybridized carbons (Fsp3) is 0.308. The lowest BCUT2D eigenvalue weighted by molar-refractivity contribution is -0.383. The number of nitrogens with zero attached hydrogens (tertiary/aromatic N) is 2. The number of hydrogen-bond acceptors (Lipinski definition) is 5. The van der Waals surface area contributed by atoms with E-state index in [0.717, 1.165) is 23.2 Å². The Balaban J connectivity index is 2.05. The van der Waals surface area contributed by atoms with Gasteiger partial charge in [-0.1, -0.05) is 0 Å². The fourth-order valence-corrected chi connectivity index (χ4v) is 3.45. The highest BCUT2D eigenvalue weighted by molar-refractivity contribution is 7.99. The molecule has 1 aromatic carbocycles. The highest BCUT2D eigenvalue weighted by atomic mass is 32.2. The van der Waals surface area contributed by atoms with Crippen molar-refractivity contribution in [1.82, 2.24) is 4.98 Å². The molecule has 0 spiro atoms. The van der Waals surface area contributed by atoms with Crippen LogP contribution in [0, 0.1) is 10.1 Å². The summed E-state index contributed by atoms with van der Waals surface area (Å²) in [5, 5.41) is 15.3. The predicted molar refractivity (Wildman–Crippen MR) is 77.8 cm³/mol. The van der Waals surface area contributed by atoms with Gasteiger partial charge in [-0.05, 0) is 30.4 Å². The van der Waals surface area contributed by atoms with Crippen LogP contribution in [-0.4, -0.2) is 27.5 Å². The number of benzene rings is 1. The number of aromatic nitrogens is 1. The van der Waals surface area contributed by atoms with Crippen molar-refractivity contribution in [2.45, 2.75) is 12.5 Å². The first kappa shape index (κ1) is 12.2. The summed E-state index contributed by atoms with van der Waals surface area (Å²) in [5.41, 5.74) is 1.44. The number of fused-ring (bicyclic) bond motifs is 1. The molecule has 0 aliphatic carbocycles. The van der Waals surface area contributed by atoms with Gasteiger partial charge in [0.15, 0.2) is 0 Å². The maximum atomic E-state index is 11.0. The molecule has 2 heterocycles. The molecule has 1 atom stereocenters. The van der Waals surface area contributed by atoms with E-state index in [0.29, 0.717) is 11.6 Å². The Morgan fingerprint density at radius 2 is 2.32 bits per heavy atom. The maximum absolute atomic E-state index is 11.0. The van der Waals surface area contributed by atoms with Crippen molar-refractivity contribution in [3.05, 3.63) is 40.6 Å². The summed E-state index contributed by atoms with van der Waals surface area (Å²) in [4.78, 5) is 14.8. The van der Waals surface area contributed by atoms with Crippen LogP contribution in [-0.2, 0) is 0 Å². The van der Waals surface area contributed by atoms with Gasteiger partial charge in [0.25, 0.3) is 5.69 Å². The van der Waals surface area contributed by atoms with Crippen LogP contribution in [0.5, 0.6) is 0 Å². The van der Waals surface area contributed by atoms with E-state index in [1.54, 1.807) is 18.3 Å². The van der Waals surface area contributed by atoms with Gasteiger partial charge < -0.3 is 5.32 Å². The number of nitro groups is 1. The van der Waals surface area contributed by atoms with E-state index in [-0.39, 0.29) is 10.6 Å². The molecule has 0 saturated carbocycles. The number of anilines is 1. The number of rotatable bonds is 3. The van der Waals surface area contributed by atoms with Crippen molar-refractivity contribution in [2.75, 3.05) is 16.8 Å². The molecule has 1 aromatic heterocycles. The van der Waals surface area contributed by atoms with Crippen molar-refractivity contribution >= 4 is 34.0 Å². The zero-order valence-electron chi connectivity index (χ0n) is 10.2. The molecule has 1 unspecified atom stereocenters. The molecule has 19 heavy (non-hydrogen) atoms. The van der Waals surface area contributed by atoms with Gasteiger partial charge in [-0.25, -0.2) is 4.98 Å². The quantitative estimate of drug-likeness (QED) is 0.688. The zero-order chi connectivity index (χ0) is 13.2. The summed E-state index contributed by atoms with van der Waals surface area (Å²) in [6.07, 6.45) is 2.72. The lowest BCUT2D eigenvalue weighted by Gasteiger charge is -2.14. The van der Waals surface area contributed by atoms with Crippen molar-refractivity contribution in [1.29, 1.82) is 0 Å². The summed E-state index contributed by atoms with van der Waals surface area (Å²) in [7, 11) is 0. The molecule has 1 aliphatic heterocycles. The Morgan fingerprint density at radius 3 is 3.05 bits per heavy atom. The normalized spacial score (nSPS) is 18.6. The van der Waals surface area contributed by atoms with E-state index in [9.17, 15) is 10.1 Å². The zero-order valence-corrected chi connectivity index (χ0v) is 11.0. The number of pyridine rings is 1. The lowest BCUT2D eigenvalue weighted by atomic mass is 10.1. The van der Waals surface area contributed by atoms with Gasteiger partial charge in [-0.2, -0.15) is 11.8 Å². The summed E-state index contributed by atoms with van der Waals surface area (Å²) in [6, 6.07) is 7.43. The van der Waals surface area contributed by atoms with E-state index in [2.05, 4.69) is 10.3 Å². The van der Waals surface area contributed by atoms with Crippen LogP contribution in [0.3, 0.4) is 0 Å². The number of thioether (sulfide) groups is 1. The van der Waals surface area contributed by atoms with E-state index in [1.165, 1.54) is 11.8 Å². The first-order valence-electron chi connectivity index (χ1n) is 6.12. The van der Waals surface area contributed by atoms with Gasteiger partial charge in [-0.15, -0.1) is 0 Å². The van der Waals surface area contributed by atoms with Crippen LogP contribution in [0.2, 0.25) is 0 Å². The van der Waals surface area contributed by atoms with Crippen LogP contribution in [0.1, 0.15) is 6.42 Å². The average Bonchev–Trinajstić information content (AvgIpc) is 2.91. The maximum Gasteiger partial charge on any atom is 0.295 e. The molecule has 1 N–H and O–H groups in total. The molecule has 6 heteroatoms. The topological polar surface area (TPSA) is 68.1 Å². The van der Waals surface area contributed by atoms with Gasteiger partial charge in [0.2, 0.25) is 0 Å². The lowest BCUT2D eigenvalue weighted by Crippen LogP contribution is -2.18. The summed E-state index contributed by atoms with van der Waals surface area (Å²) < 4.78 is 0. The van der Waals surface area contributed by atoms with Crippen molar-refractivity contribution in [3.63, 3.8) is 0 Å². The molecule has 0 amide bonds. The standard InChI is InChI=1S/C13H13N3O2S/c17-16(18)12-4-3-11(15-9-5-7-19-8-9)10-2-1-6-14-13(10)12/h1-4,6,9,15H,5,7-8H2. The Hall–Kier alpha value is -1.82. The molecule has 1 aliphatic rings. The van der Waals surface area contributed by atoms with Crippen LogP contribution in [0.4, 0.5) is 11.4 Å². The number of nitro benzene ring substituents is 1. The highest BCUT2D eigenvalue weighted by Gasteiger charge is 2.19. The predicted octanol–water partition coefficient (Wildman–Crippen LogP) is 3.06. The average molecular weight is 275 g/mol. The molecule has 0 radical (unpaired) electrons. The van der Waals surface area contributed by atoms with Crippen molar-refractivity contribution in [2.24, 2.45) is 0 Å². The first-order chi connectivity index (χ1) is 9.25. The minimum Gasteiger partial charge on any atom is -0.381 e. The molecule has 98 valence electrons. The van der Waals surface area contributed by atoms with Crippen molar-refractivity contribution in [3.8, 4) is 0 Å². The largest absolute Gasteiger partial charge is 0.381 e. The Morgan fingerprint density at radius 1 is 1.42 bits per heavy atom. The second-order valence-corrected chi connectivity index (χ2v) is 5.64. The second-order valence-electron chi connectivity index (χ2n) is 4.49. The molecule has 0 bridgehead atoms. The third-order valence-corrected chi connectivity index (χ3v) is 4.40. The molecule has 2 aromatic rings. The monoisotopic (exact) mass is 275 g/mol. The summed E-state index contributed by atoms with van der Waals surface area (Å²) in [5.74, 6) is 2.25. The third-order valence-electron chi connectivity index (χ3n) is 3.23. The number of hydrogen-bond donors (Lipinski definition) is 1. The smallest absolute Gasteiger partial charge is 0.295 e. The minimum atomic E-state index is -0.384. The summed E-state index contributed by atoms with van der Waals surface area (Å²) in [6.45, 7) is 0. The van der Waals surface area contributed by atoms with E-state index >= 15 is 0 Å². The number of nitrogens with one attached hydrogen (secondary N) is 1. The van der Waals surface area contributed by atoms with Crippen molar-refractivity contribution < 1.29 is 4.92 Å². The summed E-state index contributed by atoms with van der Waals surface area (Å²) >= 11 is 1.93. The van der Waals surface area contributed by atoms with E-state index < -0.39 is 0 Å². The first-order valence-corrected chi connectivity index (χ1v) is 7.27. The van der Waals surface area contributed by atoms with Crippen LogP contribution < -0.4 is 5.32 Å². The second kappa shape index (κ2) is 5.05.